The Morgan fingerprint density at radius 1 is 0.973 bits per heavy atom. The monoisotopic (exact) mass is 512 g/mol. The molecule has 0 radical (unpaired) electrons. The van der Waals surface area contributed by atoms with Crippen molar-refractivity contribution < 1.29 is 9.32 Å². The SMILES string of the molecule is Cc1cccc(CNc2nc(C(=O)NCc3ccc(Cl)nc3)nc3ccc(-c4c(C)noc4C)cc23)c1. The van der Waals surface area contributed by atoms with E-state index in [9.17, 15) is 4.79 Å². The number of fused-ring (bicyclic) bond motifs is 1. The maximum absolute atomic E-state index is 13.0. The van der Waals surface area contributed by atoms with Crippen molar-refractivity contribution in [1.82, 2.24) is 25.4 Å². The molecule has 5 aromatic rings. The number of anilines is 1. The van der Waals surface area contributed by atoms with Gasteiger partial charge in [0.05, 0.1) is 11.2 Å². The number of aromatic nitrogens is 4. The van der Waals surface area contributed by atoms with E-state index in [2.05, 4.69) is 49.8 Å². The normalized spacial score (nSPS) is 11.0. The summed E-state index contributed by atoms with van der Waals surface area (Å²) in [6, 6.07) is 17.6. The predicted molar refractivity (Wildman–Crippen MR) is 143 cm³/mol. The Balaban J connectivity index is 1.50. The molecular weight excluding hydrogens is 488 g/mol. The molecule has 0 aliphatic rings. The molecule has 0 spiro atoms. The van der Waals surface area contributed by atoms with Crippen molar-refractivity contribution in [3.63, 3.8) is 0 Å². The Bertz CT molecular complexity index is 1580. The topological polar surface area (TPSA) is 106 Å². The highest BCUT2D eigenvalue weighted by molar-refractivity contribution is 6.29. The zero-order valence-corrected chi connectivity index (χ0v) is 21.4. The highest BCUT2D eigenvalue weighted by atomic mass is 35.5. The lowest BCUT2D eigenvalue weighted by Crippen LogP contribution is -2.25. The number of benzene rings is 2. The molecule has 3 aromatic heterocycles. The van der Waals surface area contributed by atoms with Gasteiger partial charge in [-0.2, -0.15) is 0 Å². The zero-order valence-electron chi connectivity index (χ0n) is 20.7. The summed E-state index contributed by atoms with van der Waals surface area (Å²) in [4.78, 5) is 26.2. The molecule has 0 saturated heterocycles. The minimum Gasteiger partial charge on any atom is -0.365 e. The number of nitrogens with zero attached hydrogens (tertiary/aromatic N) is 4. The third kappa shape index (κ3) is 5.44. The molecule has 2 aromatic carbocycles. The summed E-state index contributed by atoms with van der Waals surface area (Å²) >= 11 is 5.85. The average Bonchev–Trinajstić information content (AvgIpc) is 3.24. The molecule has 0 saturated carbocycles. The first-order valence-corrected chi connectivity index (χ1v) is 12.2. The number of rotatable bonds is 7. The van der Waals surface area contributed by atoms with Crippen molar-refractivity contribution >= 4 is 34.2 Å². The molecule has 186 valence electrons. The Hall–Kier alpha value is -4.30. The Labute approximate surface area is 219 Å². The fourth-order valence-corrected chi connectivity index (χ4v) is 4.31. The number of hydrogen-bond acceptors (Lipinski definition) is 7. The van der Waals surface area contributed by atoms with Crippen LogP contribution in [0.3, 0.4) is 0 Å². The first-order chi connectivity index (χ1) is 17.9. The number of aryl methyl sites for hydroxylation is 3. The smallest absolute Gasteiger partial charge is 0.289 e. The predicted octanol–water partition coefficient (Wildman–Crippen LogP) is 5.80. The molecular formula is C28H25ClN6O2. The fourth-order valence-electron chi connectivity index (χ4n) is 4.20. The minimum absolute atomic E-state index is 0.0752. The van der Waals surface area contributed by atoms with Crippen LogP contribution in [0.4, 0.5) is 5.82 Å². The quantitative estimate of drug-likeness (QED) is 0.265. The molecule has 5 rings (SSSR count). The molecule has 9 heteroatoms. The molecule has 2 N–H and O–H groups in total. The van der Waals surface area contributed by atoms with Gasteiger partial charge in [-0.1, -0.05) is 58.7 Å². The van der Waals surface area contributed by atoms with E-state index in [-0.39, 0.29) is 18.3 Å². The van der Waals surface area contributed by atoms with E-state index in [0.717, 1.165) is 39.1 Å². The van der Waals surface area contributed by atoms with E-state index in [1.807, 2.05) is 50.2 Å². The van der Waals surface area contributed by atoms with E-state index < -0.39 is 0 Å². The highest BCUT2D eigenvalue weighted by Crippen LogP contribution is 2.31. The van der Waals surface area contributed by atoms with Crippen LogP contribution in [0.1, 0.15) is 38.8 Å². The zero-order chi connectivity index (χ0) is 25.9. The molecule has 1 amide bonds. The van der Waals surface area contributed by atoms with Crippen LogP contribution in [-0.2, 0) is 13.1 Å². The van der Waals surface area contributed by atoms with E-state index >= 15 is 0 Å². The van der Waals surface area contributed by atoms with Crippen LogP contribution < -0.4 is 10.6 Å². The molecule has 0 atom stereocenters. The van der Waals surface area contributed by atoms with Crippen molar-refractivity contribution in [2.75, 3.05) is 5.32 Å². The third-order valence-corrected chi connectivity index (χ3v) is 6.23. The largest absolute Gasteiger partial charge is 0.365 e. The second-order valence-electron chi connectivity index (χ2n) is 8.84. The van der Waals surface area contributed by atoms with Gasteiger partial charge in [0, 0.05) is 30.2 Å². The second kappa shape index (κ2) is 10.4. The number of hydrogen-bond donors (Lipinski definition) is 2. The van der Waals surface area contributed by atoms with E-state index in [0.29, 0.717) is 23.0 Å². The molecule has 0 aliphatic carbocycles. The third-order valence-electron chi connectivity index (χ3n) is 6.01. The lowest BCUT2D eigenvalue weighted by molar-refractivity contribution is 0.0941. The van der Waals surface area contributed by atoms with Crippen molar-refractivity contribution in [2.45, 2.75) is 33.9 Å². The maximum Gasteiger partial charge on any atom is 0.289 e. The molecule has 8 nitrogen and oxygen atoms in total. The summed E-state index contributed by atoms with van der Waals surface area (Å²) in [5.41, 5.74) is 6.43. The number of nitrogens with one attached hydrogen (secondary N) is 2. The maximum atomic E-state index is 13.0. The van der Waals surface area contributed by atoms with Crippen LogP contribution in [0, 0.1) is 20.8 Å². The van der Waals surface area contributed by atoms with Gasteiger partial charge in [-0.05, 0) is 55.7 Å². The van der Waals surface area contributed by atoms with E-state index in [1.54, 1.807) is 12.3 Å². The fraction of sp³-hybridized carbons (Fsp3) is 0.179. The van der Waals surface area contributed by atoms with Gasteiger partial charge >= 0.3 is 0 Å². The Morgan fingerprint density at radius 3 is 2.57 bits per heavy atom. The van der Waals surface area contributed by atoms with Gasteiger partial charge in [0.1, 0.15) is 16.7 Å². The number of halogens is 1. The highest BCUT2D eigenvalue weighted by Gasteiger charge is 2.17. The van der Waals surface area contributed by atoms with Gasteiger partial charge in [0.2, 0.25) is 5.82 Å². The standard InChI is InChI=1S/C28H25ClN6O2/c1-16-5-4-6-19(11-16)13-31-26-22-12-21(25-17(2)35-37-18(25)3)8-9-23(22)33-27(34-26)28(36)32-15-20-7-10-24(29)30-14-20/h4-12,14H,13,15H2,1-3H3,(H,32,36)(H,31,33,34). The van der Waals surface area contributed by atoms with Crippen LogP contribution >= 0.6 is 11.6 Å². The molecule has 0 unspecified atom stereocenters. The van der Waals surface area contributed by atoms with Crippen LogP contribution in [-0.4, -0.2) is 26.0 Å². The van der Waals surface area contributed by atoms with Crippen LogP contribution in [0.5, 0.6) is 0 Å². The summed E-state index contributed by atoms with van der Waals surface area (Å²) in [7, 11) is 0. The van der Waals surface area contributed by atoms with Crippen LogP contribution in [0.25, 0.3) is 22.0 Å². The van der Waals surface area contributed by atoms with Gasteiger partial charge in [-0.3, -0.25) is 4.79 Å². The van der Waals surface area contributed by atoms with Crippen LogP contribution in [0.2, 0.25) is 5.15 Å². The number of carbonyl (C=O) groups excluding carboxylic acids is 1. The molecule has 0 bridgehead atoms. The van der Waals surface area contributed by atoms with Gasteiger partial charge in [-0.15, -0.1) is 0 Å². The minimum atomic E-state index is -0.384. The molecule has 0 aliphatic heterocycles. The summed E-state index contributed by atoms with van der Waals surface area (Å²) in [6.45, 7) is 6.67. The summed E-state index contributed by atoms with van der Waals surface area (Å²) in [5.74, 6) is 0.995. The van der Waals surface area contributed by atoms with Gasteiger partial charge in [0.15, 0.2) is 0 Å². The Morgan fingerprint density at radius 2 is 1.84 bits per heavy atom. The summed E-state index contributed by atoms with van der Waals surface area (Å²) in [6.07, 6.45) is 1.62. The number of carbonyl (C=O) groups is 1. The van der Waals surface area contributed by atoms with Crippen molar-refractivity contribution in [2.24, 2.45) is 0 Å². The molecule has 37 heavy (non-hydrogen) atoms. The van der Waals surface area contributed by atoms with Crippen molar-refractivity contribution in [3.8, 4) is 11.1 Å². The van der Waals surface area contributed by atoms with Crippen molar-refractivity contribution in [3.05, 3.63) is 99.9 Å². The first kappa shape index (κ1) is 24.4. The van der Waals surface area contributed by atoms with Gasteiger partial charge < -0.3 is 15.2 Å². The first-order valence-electron chi connectivity index (χ1n) is 11.8. The van der Waals surface area contributed by atoms with Crippen LogP contribution in [0.15, 0.2) is 65.3 Å². The van der Waals surface area contributed by atoms with Gasteiger partial charge in [0.25, 0.3) is 5.91 Å². The lowest BCUT2D eigenvalue weighted by Gasteiger charge is -2.13. The van der Waals surface area contributed by atoms with E-state index in [1.165, 1.54) is 5.56 Å². The second-order valence-corrected chi connectivity index (χ2v) is 9.23. The summed E-state index contributed by atoms with van der Waals surface area (Å²) < 4.78 is 5.37. The summed E-state index contributed by atoms with van der Waals surface area (Å²) in [5, 5.41) is 11.5. The van der Waals surface area contributed by atoms with Crippen molar-refractivity contribution in [1.29, 1.82) is 0 Å². The lowest BCUT2D eigenvalue weighted by atomic mass is 10.0. The molecule has 0 fully saturated rings. The molecule has 3 heterocycles. The Kier molecular flexibility index (Phi) is 6.83. The van der Waals surface area contributed by atoms with E-state index in [4.69, 9.17) is 16.1 Å². The average molecular weight is 513 g/mol. The van der Waals surface area contributed by atoms with Gasteiger partial charge in [-0.25, -0.2) is 15.0 Å². The number of amides is 1. The number of pyridine rings is 1.